The number of aryl methyl sites for hydroxylation is 2. The molecule has 15 heavy (non-hydrogen) atoms. The molecule has 0 spiro atoms. The van der Waals surface area contributed by atoms with Gasteiger partial charge in [0.2, 0.25) is 0 Å². The van der Waals surface area contributed by atoms with Gasteiger partial charge in [-0.2, -0.15) is 48.2 Å². The third-order valence-corrected chi connectivity index (χ3v) is 2.15. The minimum atomic E-state index is 0. The smallest absolute Gasteiger partial charge is 0 e. The van der Waals surface area contributed by atoms with E-state index in [0.29, 0.717) is 0 Å². The third-order valence-electron chi connectivity index (χ3n) is 2.15. The van der Waals surface area contributed by atoms with Gasteiger partial charge in [0.05, 0.1) is 0 Å². The van der Waals surface area contributed by atoms with Gasteiger partial charge in [-0.05, 0) is 13.1 Å². The Morgan fingerprint density at radius 2 is 1.93 bits per heavy atom. The summed E-state index contributed by atoms with van der Waals surface area (Å²) in [6.07, 6.45) is 4.86. The molecule has 1 aliphatic rings. The summed E-state index contributed by atoms with van der Waals surface area (Å²) in [5.41, 5.74) is 2.52. The van der Waals surface area contributed by atoms with Crippen molar-refractivity contribution in [3.8, 4) is 0 Å². The first-order chi connectivity index (χ1) is 6.79. The summed E-state index contributed by atoms with van der Waals surface area (Å²) in [4.78, 5) is 0. The summed E-state index contributed by atoms with van der Waals surface area (Å²) < 4.78 is 0. The fourth-order valence-electron chi connectivity index (χ4n) is 1.41. The van der Waals surface area contributed by atoms with E-state index in [0.717, 1.165) is 0 Å². The van der Waals surface area contributed by atoms with Gasteiger partial charge in [0, 0.05) is 32.7 Å². The molecule has 1 saturated heterocycles. The number of hydrogen-bond donors (Lipinski definition) is 1. The molecule has 1 radical (unpaired) electrons. The predicted octanol–water partition coefficient (Wildman–Crippen LogP) is 2.68. The Morgan fingerprint density at radius 3 is 2.20 bits per heavy atom. The van der Waals surface area contributed by atoms with E-state index in [1.165, 1.54) is 37.1 Å². The van der Waals surface area contributed by atoms with Gasteiger partial charge in [-0.25, -0.2) is 0 Å². The van der Waals surface area contributed by atoms with E-state index < -0.39 is 0 Å². The van der Waals surface area contributed by atoms with Crippen molar-refractivity contribution in [1.82, 2.24) is 5.32 Å². The quantitative estimate of drug-likeness (QED) is 0.719. The molecule has 1 fully saturated rings. The summed E-state index contributed by atoms with van der Waals surface area (Å²) in [5, 5.41) is 3.25. The number of benzene rings is 1. The Kier molecular flexibility index (Phi) is 9.69. The van der Waals surface area contributed by atoms with E-state index in [4.69, 9.17) is 0 Å². The summed E-state index contributed by atoms with van der Waals surface area (Å²) in [5.74, 6) is 0. The van der Waals surface area contributed by atoms with Crippen molar-refractivity contribution >= 4 is 0 Å². The Bertz CT molecular complexity index is 228. The van der Waals surface area contributed by atoms with E-state index >= 15 is 0 Å². The largest absolute Gasteiger partial charge is 0.326 e. The molecule has 0 atom stereocenters. The van der Waals surface area contributed by atoms with Gasteiger partial charge < -0.3 is 11.7 Å². The molecular weight excluding hydrogens is 259 g/mol. The summed E-state index contributed by atoms with van der Waals surface area (Å²) in [6.45, 7) is 6.52. The number of hydrogen-bond acceptors (Lipinski definition) is 1. The molecule has 1 N–H and O–H groups in total. The van der Waals surface area contributed by atoms with Gasteiger partial charge in [-0.3, -0.25) is 0 Å². The SMILES string of the molecule is Cc1[c-]ccc(C)c1.[CH-]1CCNCC1.[Y]. The van der Waals surface area contributed by atoms with Crippen LogP contribution in [0.4, 0.5) is 0 Å². The van der Waals surface area contributed by atoms with Gasteiger partial charge in [0.15, 0.2) is 0 Å². The first-order valence-electron chi connectivity index (χ1n) is 5.26. The van der Waals surface area contributed by atoms with Crippen LogP contribution in [0.1, 0.15) is 24.0 Å². The number of nitrogens with one attached hydrogen (secondary N) is 1. The molecule has 1 aromatic carbocycles. The van der Waals surface area contributed by atoms with Gasteiger partial charge in [-0.1, -0.05) is 13.8 Å². The maximum absolute atomic E-state index is 3.25. The molecule has 0 saturated carbocycles. The molecular formula is C13H19NY-2. The monoisotopic (exact) mass is 278 g/mol. The van der Waals surface area contributed by atoms with Crippen molar-refractivity contribution in [3.05, 3.63) is 41.8 Å². The molecule has 81 valence electrons. The predicted molar refractivity (Wildman–Crippen MR) is 61.2 cm³/mol. The van der Waals surface area contributed by atoms with E-state index in [-0.39, 0.29) is 32.7 Å². The van der Waals surface area contributed by atoms with Crippen LogP contribution in [0.15, 0.2) is 18.2 Å². The van der Waals surface area contributed by atoms with Gasteiger partial charge in [0.1, 0.15) is 0 Å². The molecule has 0 unspecified atom stereocenters. The topological polar surface area (TPSA) is 12.0 Å². The second kappa shape index (κ2) is 9.51. The molecule has 1 nitrogen and oxygen atoms in total. The molecule has 1 aromatic rings. The van der Waals surface area contributed by atoms with Crippen LogP contribution >= 0.6 is 0 Å². The molecule has 0 bridgehead atoms. The zero-order chi connectivity index (χ0) is 10.2. The van der Waals surface area contributed by atoms with Crippen LogP contribution in [-0.4, -0.2) is 13.1 Å². The zero-order valence-corrected chi connectivity index (χ0v) is 12.6. The van der Waals surface area contributed by atoms with Crippen molar-refractivity contribution in [1.29, 1.82) is 0 Å². The van der Waals surface area contributed by atoms with Crippen LogP contribution in [0.2, 0.25) is 0 Å². The normalized spacial score (nSPS) is 14.5. The molecule has 0 amide bonds. The van der Waals surface area contributed by atoms with Crippen molar-refractivity contribution < 1.29 is 32.7 Å². The maximum atomic E-state index is 3.25. The maximum Gasteiger partial charge on any atom is 0 e. The van der Waals surface area contributed by atoms with Crippen molar-refractivity contribution in [3.63, 3.8) is 0 Å². The Hall–Kier alpha value is 0.284. The second-order valence-corrected chi connectivity index (χ2v) is 3.67. The molecule has 0 aromatic heterocycles. The van der Waals surface area contributed by atoms with E-state index in [2.05, 4.69) is 30.8 Å². The summed E-state index contributed by atoms with van der Waals surface area (Å²) in [6, 6.07) is 9.18. The van der Waals surface area contributed by atoms with Crippen LogP contribution in [0, 0.1) is 26.3 Å². The first-order valence-corrected chi connectivity index (χ1v) is 5.26. The van der Waals surface area contributed by atoms with Crippen LogP contribution in [0.25, 0.3) is 0 Å². The minimum Gasteiger partial charge on any atom is -0.326 e. The van der Waals surface area contributed by atoms with Crippen LogP contribution in [-0.2, 0) is 32.7 Å². The van der Waals surface area contributed by atoms with Crippen LogP contribution in [0.5, 0.6) is 0 Å². The minimum absolute atomic E-state index is 0. The second-order valence-electron chi connectivity index (χ2n) is 3.67. The molecule has 2 rings (SSSR count). The first kappa shape index (κ1) is 15.3. The Morgan fingerprint density at radius 1 is 1.27 bits per heavy atom. The molecule has 1 heterocycles. The van der Waals surface area contributed by atoms with Crippen molar-refractivity contribution in [2.75, 3.05) is 13.1 Å². The molecule has 2 heteroatoms. The number of piperidine rings is 1. The standard InChI is InChI=1S/C8H9.C5H10N.Y/c1-7-4-3-5-8(2)6-7;1-2-4-6-5-3-1;/h3-4,6H,1-2H3;1,6H,2-5H2;/q2*-1;. The van der Waals surface area contributed by atoms with E-state index in [9.17, 15) is 0 Å². The van der Waals surface area contributed by atoms with E-state index in [1.807, 2.05) is 19.1 Å². The summed E-state index contributed by atoms with van der Waals surface area (Å²) in [7, 11) is 0. The average Bonchev–Trinajstić information content (AvgIpc) is 2.21. The van der Waals surface area contributed by atoms with Gasteiger partial charge in [-0.15, -0.1) is 0 Å². The summed E-state index contributed by atoms with van der Waals surface area (Å²) >= 11 is 0. The van der Waals surface area contributed by atoms with Gasteiger partial charge in [0.25, 0.3) is 0 Å². The molecule has 1 aliphatic heterocycles. The number of rotatable bonds is 0. The Balaban J connectivity index is 0.000000253. The third kappa shape index (κ3) is 8.13. The van der Waals surface area contributed by atoms with Crippen LogP contribution < -0.4 is 5.32 Å². The van der Waals surface area contributed by atoms with Crippen LogP contribution in [0.3, 0.4) is 0 Å². The van der Waals surface area contributed by atoms with Gasteiger partial charge >= 0.3 is 0 Å². The van der Waals surface area contributed by atoms with Crippen molar-refractivity contribution in [2.24, 2.45) is 0 Å². The fourth-order valence-corrected chi connectivity index (χ4v) is 1.41. The average molecular weight is 278 g/mol. The zero-order valence-electron chi connectivity index (χ0n) is 9.72. The molecule has 0 aliphatic carbocycles. The fraction of sp³-hybridized carbons (Fsp3) is 0.462. The Labute approximate surface area is 119 Å². The van der Waals surface area contributed by atoms with E-state index in [1.54, 1.807) is 0 Å². The van der Waals surface area contributed by atoms with Crippen molar-refractivity contribution in [2.45, 2.75) is 26.7 Å².